The highest BCUT2D eigenvalue weighted by Gasteiger charge is 2.04. The highest BCUT2D eigenvalue weighted by molar-refractivity contribution is 14.0. The smallest absolute Gasteiger partial charge is 0.191 e. The zero-order chi connectivity index (χ0) is 20.2. The summed E-state index contributed by atoms with van der Waals surface area (Å²) >= 11 is 0. The van der Waals surface area contributed by atoms with E-state index in [2.05, 4.69) is 56.4 Å². The van der Waals surface area contributed by atoms with E-state index in [1.165, 1.54) is 5.56 Å². The number of nitrogens with zero attached hydrogens (tertiary/aromatic N) is 3. The van der Waals surface area contributed by atoms with Gasteiger partial charge in [-0.3, -0.25) is 0 Å². The SMILES string of the molecule is CCNC(=NCc1nccn1Cc1ccccc1)NCCCOc1ccccc1.I. The van der Waals surface area contributed by atoms with Gasteiger partial charge < -0.3 is 19.9 Å². The minimum Gasteiger partial charge on any atom is -0.494 e. The van der Waals surface area contributed by atoms with Crippen molar-refractivity contribution < 1.29 is 4.74 Å². The Bertz CT molecular complexity index is 868. The Morgan fingerprint density at radius 3 is 2.50 bits per heavy atom. The van der Waals surface area contributed by atoms with E-state index in [1.807, 2.05) is 48.8 Å². The molecule has 0 aliphatic carbocycles. The maximum absolute atomic E-state index is 5.73. The molecule has 0 atom stereocenters. The molecule has 0 saturated carbocycles. The number of hydrogen-bond donors (Lipinski definition) is 2. The number of guanidine groups is 1. The van der Waals surface area contributed by atoms with Gasteiger partial charge >= 0.3 is 0 Å². The van der Waals surface area contributed by atoms with Gasteiger partial charge in [-0.25, -0.2) is 9.98 Å². The highest BCUT2D eigenvalue weighted by Crippen LogP contribution is 2.08. The van der Waals surface area contributed by atoms with Crippen molar-refractivity contribution in [1.82, 2.24) is 20.2 Å². The molecule has 6 nitrogen and oxygen atoms in total. The minimum atomic E-state index is 0. The summed E-state index contributed by atoms with van der Waals surface area (Å²) in [6.07, 6.45) is 4.72. The lowest BCUT2D eigenvalue weighted by molar-refractivity contribution is 0.311. The fourth-order valence-corrected chi connectivity index (χ4v) is 2.89. The van der Waals surface area contributed by atoms with Crippen molar-refractivity contribution in [1.29, 1.82) is 0 Å². The number of para-hydroxylation sites is 1. The molecule has 1 aromatic heterocycles. The van der Waals surface area contributed by atoms with E-state index in [0.29, 0.717) is 13.2 Å². The van der Waals surface area contributed by atoms with E-state index in [4.69, 9.17) is 4.74 Å². The molecule has 0 unspecified atom stereocenters. The number of aliphatic imine (C=N–C) groups is 1. The Morgan fingerprint density at radius 2 is 1.77 bits per heavy atom. The second-order valence-corrected chi connectivity index (χ2v) is 6.59. The van der Waals surface area contributed by atoms with Crippen molar-refractivity contribution >= 4 is 29.9 Å². The molecule has 0 aliphatic rings. The van der Waals surface area contributed by atoms with Gasteiger partial charge in [0.1, 0.15) is 18.1 Å². The van der Waals surface area contributed by atoms with Crippen LogP contribution in [-0.4, -0.2) is 35.2 Å². The fraction of sp³-hybridized carbons (Fsp3) is 0.304. The van der Waals surface area contributed by atoms with Gasteiger partial charge in [-0.1, -0.05) is 48.5 Å². The second kappa shape index (κ2) is 13.6. The van der Waals surface area contributed by atoms with Crippen LogP contribution in [0.15, 0.2) is 78.0 Å². The summed E-state index contributed by atoms with van der Waals surface area (Å²) in [6.45, 7) is 5.65. The summed E-state index contributed by atoms with van der Waals surface area (Å²) in [6, 6.07) is 20.3. The number of aromatic nitrogens is 2. The maximum Gasteiger partial charge on any atom is 0.191 e. The first-order valence-corrected chi connectivity index (χ1v) is 10.1. The summed E-state index contributed by atoms with van der Waals surface area (Å²) in [5, 5.41) is 6.64. The Hall–Kier alpha value is -2.55. The summed E-state index contributed by atoms with van der Waals surface area (Å²) in [7, 11) is 0. The van der Waals surface area contributed by atoms with Crippen molar-refractivity contribution in [3.63, 3.8) is 0 Å². The lowest BCUT2D eigenvalue weighted by Crippen LogP contribution is -2.38. The van der Waals surface area contributed by atoms with Crippen molar-refractivity contribution in [3.05, 3.63) is 84.4 Å². The molecule has 0 radical (unpaired) electrons. The topological polar surface area (TPSA) is 63.5 Å². The number of hydrogen-bond acceptors (Lipinski definition) is 3. The first-order valence-electron chi connectivity index (χ1n) is 10.1. The number of ether oxygens (including phenoxy) is 1. The van der Waals surface area contributed by atoms with Crippen LogP contribution in [0.4, 0.5) is 0 Å². The highest BCUT2D eigenvalue weighted by atomic mass is 127. The molecule has 0 aliphatic heterocycles. The fourth-order valence-electron chi connectivity index (χ4n) is 2.89. The first-order chi connectivity index (χ1) is 14.3. The molecule has 1 heterocycles. The predicted octanol–water partition coefficient (Wildman–Crippen LogP) is 4.07. The van der Waals surface area contributed by atoms with Crippen LogP contribution >= 0.6 is 24.0 Å². The number of halogens is 1. The molecule has 0 bridgehead atoms. The Labute approximate surface area is 195 Å². The normalized spacial score (nSPS) is 10.9. The van der Waals surface area contributed by atoms with Crippen LogP contribution in [0.3, 0.4) is 0 Å². The van der Waals surface area contributed by atoms with Gasteiger partial charge in [0.05, 0.1) is 6.61 Å². The molecule has 0 amide bonds. The van der Waals surface area contributed by atoms with E-state index < -0.39 is 0 Å². The molecular weight excluding hydrogens is 489 g/mol. The average molecular weight is 519 g/mol. The Morgan fingerprint density at radius 1 is 1.03 bits per heavy atom. The molecule has 7 heteroatoms. The standard InChI is InChI=1S/C23H29N5O.HI/c1-2-24-23(26-14-9-17-29-21-12-7-4-8-13-21)27-18-22-25-15-16-28(22)19-20-10-5-3-6-11-20;/h3-8,10-13,15-16H,2,9,14,17-19H2,1H3,(H2,24,26,27);1H. The van der Waals surface area contributed by atoms with Crippen LogP contribution in [0.2, 0.25) is 0 Å². The zero-order valence-corrected chi connectivity index (χ0v) is 19.7. The quantitative estimate of drug-likeness (QED) is 0.184. The van der Waals surface area contributed by atoms with E-state index in [1.54, 1.807) is 0 Å². The molecule has 2 N–H and O–H groups in total. The molecular formula is C23H30IN5O. The number of imidazole rings is 1. The van der Waals surface area contributed by atoms with Crippen LogP contribution < -0.4 is 15.4 Å². The van der Waals surface area contributed by atoms with E-state index in [0.717, 1.165) is 43.6 Å². The van der Waals surface area contributed by atoms with Gasteiger partial charge in [0.15, 0.2) is 5.96 Å². The predicted molar refractivity (Wildman–Crippen MR) is 133 cm³/mol. The lowest BCUT2D eigenvalue weighted by atomic mass is 10.2. The van der Waals surface area contributed by atoms with Crippen LogP contribution in [-0.2, 0) is 13.1 Å². The summed E-state index contributed by atoms with van der Waals surface area (Å²) < 4.78 is 7.86. The molecule has 160 valence electrons. The van der Waals surface area contributed by atoms with E-state index >= 15 is 0 Å². The maximum atomic E-state index is 5.73. The van der Waals surface area contributed by atoms with Gasteiger partial charge in [-0.2, -0.15) is 0 Å². The van der Waals surface area contributed by atoms with Gasteiger partial charge in [-0.05, 0) is 31.0 Å². The molecule has 3 aromatic rings. The number of nitrogens with one attached hydrogen (secondary N) is 2. The van der Waals surface area contributed by atoms with Crippen molar-refractivity contribution in [2.45, 2.75) is 26.4 Å². The first kappa shape index (κ1) is 23.7. The van der Waals surface area contributed by atoms with Gasteiger partial charge in [0, 0.05) is 32.0 Å². The zero-order valence-electron chi connectivity index (χ0n) is 17.3. The van der Waals surface area contributed by atoms with Gasteiger partial charge in [-0.15, -0.1) is 24.0 Å². The third kappa shape index (κ3) is 8.06. The summed E-state index contributed by atoms with van der Waals surface area (Å²) in [5.74, 6) is 2.64. The largest absolute Gasteiger partial charge is 0.494 e. The summed E-state index contributed by atoms with van der Waals surface area (Å²) in [4.78, 5) is 9.15. The lowest BCUT2D eigenvalue weighted by Gasteiger charge is -2.12. The van der Waals surface area contributed by atoms with Gasteiger partial charge in [0.2, 0.25) is 0 Å². The van der Waals surface area contributed by atoms with Crippen LogP contribution in [0.1, 0.15) is 24.7 Å². The van der Waals surface area contributed by atoms with Crippen molar-refractivity contribution in [2.75, 3.05) is 19.7 Å². The summed E-state index contributed by atoms with van der Waals surface area (Å²) in [5.41, 5.74) is 1.25. The minimum absolute atomic E-state index is 0. The van der Waals surface area contributed by atoms with Crippen LogP contribution in [0, 0.1) is 0 Å². The van der Waals surface area contributed by atoms with E-state index in [9.17, 15) is 0 Å². The molecule has 30 heavy (non-hydrogen) atoms. The Kier molecular flexibility index (Phi) is 10.8. The number of benzene rings is 2. The third-order valence-electron chi connectivity index (χ3n) is 4.35. The number of rotatable bonds is 10. The van der Waals surface area contributed by atoms with Crippen molar-refractivity contribution in [3.8, 4) is 5.75 Å². The molecule has 2 aromatic carbocycles. The third-order valence-corrected chi connectivity index (χ3v) is 4.35. The van der Waals surface area contributed by atoms with Crippen LogP contribution in [0.5, 0.6) is 5.75 Å². The van der Waals surface area contributed by atoms with Crippen LogP contribution in [0.25, 0.3) is 0 Å². The second-order valence-electron chi connectivity index (χ2n) is 6.59. The molecule has 0 fully saturated rings. The Balaban J connectivity index is 0.00000320. The monoisotopic (exact) mass is 519 g/mol. The average Bonchev–Trinajstić information content (AvgIpc) is 3.20. The molecule has 0 spiro atoms. The van der Waals surface area contributed by atoms with Crippen molar-refractivity contribution in [2.24, 2.45) is 4.99 Å². The van der Waals surface area contributed by atoms with E-state index in [-0.39, 0.29) is 24.0 Å². The van der Waals surface area contributed by atoms with Gasteiger partial charge in [0.25, 0.3) is 0 Å². The molecule has 0 saturated heterocycles. The molecule has 3 rings (SSSR count).